The van der Waals surface area contributed by atoms with Crippen LogP contribution in [0.4, 0.5) is 0 Å². The van der Waals surface area contributed by atoms with Gasteiger partial charge in [0.2, 0.25) is 0 Å². The van der Waals surface area contributed by atoms with E-state index in [1.165, 1.54) is 0 Å². The van der Waals surface area contributed by atoms with Gasteiger partial charge in [0.25, 0.3) is 0 Å². The second-order valence-electron chi connectivity index (χ2n) is 1.98. The molecule has 0 amide bonds. The summed E-state index contributed by atoms with van der Waals surface area (Å²) in [5.74, 6) is -3.65. The molecular formula is C2H13B4NaO16. The first-order valence-electron chi connectivity index (χ1n) is 4.18. The van der Waals surface area contributed by atoms with E-state index in [1.54, 1.807) is 0 Å². The molecule has 13 N–H and O–H groups in total. The number of hydrogen-bond donors (Lipinski definition) is 13. The summed E-state index contributed by atoms with van der Waals surface area (Å²) < 4.78 is 0. The zero-order valence-corrected chi connectivity index (χ0v) is 13.3. The first-order valence-corrected chi connectivity index (χ1v) is 4.18. The third-order valence-corrected chi connectivity index (χ3v) is 0.183. The average Bonchev–Trinajstić information content (AvgIpc) is 2.12. The number of carboxylic acids is 2. The van der Waals surface area contributed by atoms with Crippen LogP contribution >= 0.6 is 0 Å². The summed E-state index contributed by atoms with van der Waals surface area (Å²) in [6, 6.07) is 0. The van der Waals surface area contributed by atoms with Gasteiger partial charge in [-0.05, 0) is 0 Å². The van der Waals surface area contributed by atoms with Gasteiger partial charge >= 0.3 is 70.8 Å². The van der Waals surface area contributed by atoms with Crippen molar-refractivity contribution in [2.75, 3.05) is 0 Å². The first kappa shape index (κ1) is 38.3. The summed E-state index contributed by atoms with van der Waals surface area (Å²) in [4.78, 5) is 18.2. The molecule has 0 radical (unpaired) electrons. The maximum Gasteiger partial charge on any atom is 1.00 e. The molecule has 0 heterocycles. The van der Waals surface area contributed by atoms with E-state index in [4.69, 9.17) is 80.1 Å². The normalized spacial score (nSPS) is 6.61. The molecule has 23 heavy (non-hydrogen) atoms. The van der Waals surface area contributed by atoms with E-state index >= 15 is 0 Å². The van der Waals surface area contributed by atoms with E-state index in [2.05, 4.69) is 0 Å². The fourth-order valence-corrected chi connectivity index (χ4v) is 0. The molecule has 0 atom stereocenters. The van der Waals surface area contributed by atoms with Crippen molar-refractivity contribution in [1.29, 1.82) is 0 Å². The monoisotopic (exact) mass is 360 g/mol. The molecule has 16 nitrogen and oxygen atoms in total. The van der Waals surface area contributed by atoms with Crippen molar-refractivity contribution < 1.29 is 110 Å². The first-order chi connectivity index (χ1) is 9.57. The van der Waals surface area contributed by atoms with Gasteiger partial charge < -0.3 is 70.5 Å². The van der Waals surface area contributed by atoms with E-state index < -0.39 is 41.2 Å². The standard InChI is InChI=1S/C2H2O4.3BH3O3.BH2O3.Na/c3-1(4)2(5)6;4*2-1(3)4;/h(H,3,4)(H,5,6);3*2-4H;2-3H;/q;;;;-1;+1. The summed E-state index contributed by atoms with van der Waals surface area (Å²) >= 11 is 0. The van der Waals surface area contributed by atoms with E-state index in [0.29, 0.717) is 0 Å². The molecule has 0 aromatic rings. The molecule has 0 aliphatic heterocycles. The molecule has 0 rings (SSSR count). The van der Waals surface area contributed by atoms with Crippen LogP contribution in [0.3, 0.4) is 0 Å². The van der Waals surface area contributed by atoms with E-state index in [0.717, 1.165) is 0 Å². The van der Waals surface area contributed by atoms with E-state index in [9.17, 15) is 0 Å². The van der Waals surface area contributed by atoms with Crippen molar-refractivity contribution in [3.8, 4) is 0 Å². The maximum atomic E-state index is 9.10. The molecule has 0 spiro atoms. The zero-order chi connectivity index (χ0) is 19.5. The Morgan fingerprint density at radius 3 is 0.609 bits per heavy atom. The van der Waals surface area contributed by atoms with Gasteiger partial charge in [0.05, 0.1) is 0 Å². The summed E-state index contributed by atoms with van der Waals surface area (Å²) in [7, 11) is -8.92. The minimum atomic E-state index is -2.42. The SMILES string of the molecule is O=C(O)C(=O)O.OB(O)O.OB(O)O.OB(O)O.[Na+].[O-]B(O)O. The van der Waals surface area contributed by atoms with Gasteiger partial charge in [-0.15, -0.1) is 0 Å². The van der Waals surface area contributed by atoms with Crippen molar-refractivity contribution in [2.45, 2.75) is 0 Å². The van der Waals surface area contributed by atoms with Gasteiger partial charge in [0, 0.05) is 0 Å². The second kappa shape index (κ2) is 29.7. The fourth-order valence-electron chi connectivity index (χ4n) is 0. The predicted octanol–water partition coefficient (Wildman–Crippen LogP) is -12.7. The molecule has 0 bridgehead atoms. The second-order valence-corrected chi connectivity index (χ2v) is 1.98. The maximum absolute atomic E-state index is 9.10. The number of carboxylic acid groups (broad SMARTS) is 2. The van der Waals surface area contributed by atoms with Gasteiger partial charge in [0.15, 0.2) is 0 Å². The van der Waals surface area contributed by atoms with Crippen LogP contribution in [0, 0.1) is 0 Å². The van der Waals surface area contributed by atoms with Crippen LogP contribution in [-0.4, -0.2) is 107 Å². The van der Waals surface area contributed by atoms with E-state index in [-0.39, 0.29) is 29.6 Å². The summed E-state index contributed by atoms with van der Waals surface area (Å²) in [5, 5.41) is 102. The Kier molecular flexibility index (Phi) is 49.5. The van der Waals surface area contributed by atoms with Gasteiger partial charge in [0.1, 0.15) is 0 Å². The molecule has 0 aliphatic rings. The van der Waals surface area contributed by atoms with Crippen LogP contribution < -0.4 is 34.6 Å². The Labute approximate surface area is 151 Å². The van der Waals surface area contributed by atoms with Crippen LogP contribution in [0.5, 0.6) is 0 Å². The van der Waals surface area contributed by atoms with Gasteiger partial charge in [-0.2, -0.15) is 0 Å². The van der Waals surface area contributed by atoms with Crippen molar-refractivity contribution in [3.05, 3.63) is 0 Å². The average molecular weight is 359 g/mol. The molecule has 0 unspecified atom stereocenters. The molecule has 0 aromatic carbocycles. The Hall–Kier alpha value is -0.280. The van der Waals surface area contributed by atoms with Gasteiger partial charge in [-0.3, -0.25) is 0 Å². The Morgan fingerprint density at radius 2 is 0.609 bits per heavy atom. The molecule has 130 valence electrons. The van der Waals surface area contributed by atoms with Crippen molar-refractivity contribution in [1.82, 2.24) is 0 Å². The summed E-state index contributed by atoms with van der Waals surface area (Å²) in [6.45, 7) is 0. The summed E-state index contributed by atoms with van der Waals surface area (Å²) in [6.07, 6.45) is 0. The van der Waals surface area contributed by atoms with Crippen molar-refractivity contribution in [3.63, 3.8) is 0 Å². The molecule has 0 saturated heterocycles. The molecule has 21 heteroatoms. The number of carbonyl (C=O) groups is 2. The quantitative estimate of drug-likeness (QED) is 0.141. The van der Waals surface area contributed by atoms with Crippen LogP contribution in [0.1, 0.15) is 0 Å². The topological polar surface area (TPSA) is 320 Å². The van der Waals surface area contributed by atoms with Gasteiger partial charge in [-0.1, -0.05) is 0 Å². The summed E-state index contributed by atoms with van der Waals surface area (Å²) in [5.41, 5.74) is 0. The van der Waals surface area contributed by atoms with Crippen molar-refractivity contribution >= 4 is 41.2 Å². The number of rotatable bonds is 0. The minimum absolute atomic E-state index is 0. The number of hydrogen-bond acceptors (Lipinski definition) is 14. The van der Waals surface area contributed by atoms with Crippen LogP contribution in [0.25, 0.3) is 0 Å². The number of aliphatic carboxylic acids is 2. The van der Waals surface area contributed by atoms with Crippen LogP contribution in [-0.2, 0) is 9.59 Å². The van der Waals surface area contributed by atoms with Crippen molar-refractivity contribution in [2.24, 2.45) is 0 Å². The Balaban J connectivity index is -0.0000000393. The smallest absolute Gasteiger partial charge is 0.832 e. The molecule has 0 fully saturated rings. The molecule has 0 saturated carbocycles. The van der Waals surface area contributed by atoms with Gasteiger partial charge in [-0.25, -0.2) is 9.59 Å². The molecule has 0 aliphatic carbocycles. The minimum Gasteiger partial charge on any atom is -0.832 e. The fraction of sp³-hybridized carbons (Fsp3) is 0. The molecular weight excluding hydrogens is 346 g/mol. The third kappa shape index (κ3) is 610. The molecule has 0 aromatic heterocycles. The third-order valence-electron chi connectivity index (χ3n) is 0.183. The Morgan fingerprint density at radius 1 is 0.565 bits per heavy atom. The zero-order valence-electron chi connectivity index (χ0n) is 11.3. The largest absolute Gasteiger partial charge is 1.00 e. The predicted molar refractivity (Wildman–Crippen MR) is 62.7 cm³/mol. The van der Waals surface area contributed by atoms with E-state index in [1.807, 2.05) is 0 Å². The van der Waals surface area contributed by atoms with Crippen LogP contribution in [0.15, 0.2) is 0 Å². The Bertz CT molecular complexity index is 187. The van der Waals surface area contributed by atoms with Crippen LogP contribution in [0.2, 0.25) is 0 Å².